The van der Waals surface area contributed by atoms with Gasteiger partial charge in [0.2, 0.25) is 11.8 Å². The lowest BCUT2D eigenvalue weighted by Crippen LogP contribution is -2.31. The highest BCUT2D eigenvalue weighted by molar-refractivity contribution is 9.10. The maximum Gasteiger partial charge on any atom is 0.237 e. The zero-order valence-corrected chi connectivity index (χ0v) is 17.7. The molecule has 3 atom stereocenters. The Labute approximate surface area is 178 Å². The van der Waals surface area contributed by atoms with Crippen LogP contribution in [0.15, 0.2) is 53.0 Å². The summed E-state index contributed by atoms with van der Waals surface area (Å²) >= 11 is 3.35. The summed E-state index contributed by atoms with van der Waals surface area (Å²) in [4.78, 5) is 39.7. The number of ketones is 1. The molecule has 2 aromatic rings. The summed E-state index contributed by atoms with van der Waals surface area (Å²) in [6.07, 6.45) is 2.46. The van der Waals surface area contributed by atoms with Crippen molar-refractivity contribution in [2.45, 2.75) is 26.2 Å². The number of carbonyl (C=O) groups excluding carboxylic acids is 3. The Balaban J connectivity index is 1.54. The lowest BCUT2D eigenvalue weighted by atomic mass is 9.76. The van der Waals surface area contributed by atoms with Gasteiger partial charge in [0, 0.05) is 10.0 Å². The van der Waals surface area contributed by atoms with Crippen molar-refractivity contribution in [2.24, 2.45) is 17.8 Å². The Kier molecular flexibility index (Phi) is 5.54. The van der Waals surface area contributed by atoms with E-state index in [0.29, 0.717) is 22.9 Å². The first-order chi connectivity index (χ1) is 14.0. The van der Waals surface area contributed by atoms with E-state index in [-0.39, 0.29) is 36.0 Å². The maximum absolute atomic E-state index is 13.0. The van der Waals surface area contributed by atoms with E-state index in [9.17, 15) is 14.4 Å². The number of nitrogens with zero attached hydrogens (tertiary/aromatic N) is 1. The van der Waals surface area contributed by atoms with Gasteiger partial charge in [0.25, 0.3) is 0 Å². The van der Waals surface area contributed by atoms with Gasteiger partial charge in [-0.05, 0) is 49.4 Å². The highest BCUT2D eigenvalue weighted by Gasteiger charge is 2.50. The average Bonchev–Trinajstić information content (AvgIpc) is 2.96. The minimum atomic E-state index is -0.247. The molecule has 150 valence electrons. The third-order valence-corrected chi connectivity index (χ3v) is 6.35. The number of halogens is 1. The molecule has 0 spiro atoms. The second-order valence-corrected chi connectivity index (χ2v) is 8.75. The van der Waals surface area contributed by atoms with E-state index in [1.54, 1.807) is 48.5 Å². The molecule has 0 aromatic heterocycles. The number of rotatable bonds is 5. The van der Waals surface area contributed by atoms with Gasteiger partial charge in [-0.15, -0.1) is 0 Å². The number of imide groups is 1. The number of ether oxygens (including phenoxy) is 1. The van der Waals surface area contributed by atoms with Gasteiger partial charge in [-0.1, -0.05) is 47.1 Å². The molecule has 5 nitrogen and oxygen atoms in total. The molecule has 29 heavy (non-hydrogen) atoms. The topological polar surface area (TPSA) is 63.7 Å². The van der Waals surface area contributed by atoms with E-state index in [1.165, 1.54) is 4.90 Å². The molecule has 1 aliphatic heterocycles. The highest BCUT2D eigenvalue weighted by Crippen LogP contribution is 2.44. The Morgan fingerprint density at radius 2 is 1.72 bits per heavy atom. The molecule has 0 radical (unpaired) electrons. The molecule has 6 heteroatoms. The molecule has 2 aliphatic rings. The van der Waals surface area contributed by atoms with Crippen LogP contribution in [0.5, 0.6) is 5.75 Å². The molecule has 1 aliphatic carbocycles. The van der Waals surface area contributed by atoms with Gasteiger partial charge in [-0.2, -0.15) is 0 Å². The first kappa shape index (κ1) is 19.8. The SMILES string of the molecule is C[C@H]1CC[C@@H]2C(=O)N(c3ccccc3OCC(=O)c3ccc(Br)cc3)C(=O)[C@@H]2C1. The van der Waals surface area contributed by atoms with Crippen molar-refractivity contribution in [2.75, 3.05) is 11.5 Å². The van der Waals surface area contributed by atoms with Crippen LogP contribution in [-0.2, 0) is 9.59 Å². The van der Waals surface area contributed by atoms with Crippen LogP contribution in [0, 0.1) is 17.8 Å². The Bertz CT molecular complexity index is 956. The van der Waals surface area contributed by atoms with Gasteiger partial charge in [-0.25, -0.2) is 4.90 Å². The zero-order chi connectivity index (χ0) is 20.5. The first-order valence-electron chi connectivity index (χ1n) is 9.84. The van der Waals surface area contributed by atoms with Crippen molar-refractivity contribution in [3.05, 3.63) is 58.6 Å². The summed E-state index contributed by atoms with van der Waals surface area (Å²) in [5, 5.41) is 0. The quantitative estimate of drug-likeness (QED) is 0.486. The van der Waals surface area contributed by atoms with Gasteiger partial charge >= 0.3 is 0 Å². The van der Waals surface area contributed by atoms with Crippen molar-refractivity contribution in [3.63, 3.8) is 0 Å². The second-order valence-electron chi connectivity index (χ2n) is 7.83. The highest BCUT2D eigenvalue weighted by atomic mass is 79.9. The van der Waals surface area contributed by atoms with Gasteiger partial charge in [0.15, 0.2) is 12.4 Å². The van der Waals surface area contributed by atoms with Gasteiger partial charge in [0.1, 0.15) is 5.75 Å². The van der Waals surface area contributed by atoms with Crippen molar-refractivity contribution >= 4 is 39.2 Å². The summed E-state index contributed by atoms with van der Waals surface area (Å²) < 4.78 is 6.65. The van der Waals surface area contributed by atoms with E-state index in [0.717, 1.165) is 23.7 Å². The van der Waals surface area contributed by atoms with Gasteiger partial charge < -0.3 is 4.74 Å². The summed E-state index contributed by atoms with van der Waals surface area (Å²) in [5.74, 6) is -0.146. The van der Waals surface area contributed by atoms with Crippen LogP contribution in [0.25, 0.3) is 0 Å². The van der Waals surface area contributed by atoms with Crippen LogP contribution < -0.4 is 9.64 Å². The summed E-state index contributed by atoms with van der Waals surface area (Å²) in [5.41, 5.74) is 0.965. The molecule has 2 amide bonds. The predicted octanol–water partition coefficient (Wildman–Crippen LogP) is 4.64. The van der Waals surface area contributed by atoms with Crippen LogP contribution in [0.3, 0.4) is 0 Å². The maximum atomic E-state index is 13.0. The number of anilines is 1. The second kappa shape index (κ2) is 8.11. The number of hydrogen-bond acceptors (Lipinski definition) is 4. The monoisotopic (exact) mass is 455 g/mol. The van der Waals surface area contributed by atoms with Crippen LogP contribution in [0.4, 0.5) is 5.69 Å². The normalized spacial score (nSPS) is 23.8. The Hall–Kier alpha value is -2.47. The largest absolute Gasteiger partial charge is 0.483 e. The fourth-order valence-electron chi connectivity index (χ4n) is 4.25. The molecular weight excluding hydrogens is 434 g/mol. The average molecular weight is 456 g/mol. The van der Waals surface area contributed by atoms with E-state index in [2.05, 4.69) is 22.9 Å². The van der Waals surface area contributed by atoms with Crippen molar-refractivity contribution in [1.82, 2.24) is 0 Å². The minimum Gasteiger partial charge on any atom is -0.483 e. The number of Topliss-reactive ketones (excluding diaryl/α,β-unsaturated/α-hetero) is 1. The number of hydrogen-bond donors (Lipinski definition) is 0. The van der Waals surface area contributed by atoms with Crippen LogP contribution in [0.2, 0.25) is 0 Å². The van der Waals surface area contributed by atoms with Gasteiger partial charge in [-0.3, -0.25) is 14.4 Å². The fourth-order valence-corrected chi connectivity index (χ4v) is 4.52. The van der Waals surface area contributed by atoms with Crippen LogP contribution in [-0.4, -0.2) is 24.2 Å². The fraction of sp³-hybridized carbons (Fsp3) is 0.348. The number of carbonyl (C=O) groups is 3. The van der Waals surface area contributed by atoms with Crippen molar-refractivity contribution in [3.8, 4) is 5.75 Å². The van der Waals surface area contributed by atoms with Gasteiger partial charge in [0.05, 0.1) is 17.5 Å². The summed E-state index contributed by atoms with van der Waals surface area (Å²) in [6.45, 7) is 1.96. The van der Waals surface area contributed by atoms with Crippen molar-refractivity contribution in [1.29, 1.82) is 0 Å². The molecule has 0 unspecified atom stereocenters. The summed E-state index contributed by atoms with van der Waals surface area (Å²) in [7, 11) is 0. The predicted molar refractivity (Wildman–Crippen MR) is 113 cm³/mol. The molecule has 1 heterocycles. The molecule has 0 N–H and O–H groups in total. The zero-order valence-electron chi connectivity index (χ0n) is 16.1. The van der Waals surface area contributed by atoms with Crippen molar-refractivity contribution < 1.29 is 19.1 Å². The van der Waals surface area contributed by atoms with E-state index < -0.39 is 0 Å². The first-order valence-corrected chi connectivity index (χ1v) is 10.6. The molecule has 4 rings (SSSR count). The van der Waals surface area contributed by atoms with E-state index in [4.69, 9.17) is 4.74 Å². The molecular formula is C23H22BrNO4. The number of benzene rings is 2. The number of para-hydroxylation sites is 2. The molecule has 2 aromatic carbocycles. The minimum absolute atomic E-state index is 0.151. The third-order valence-electron chi connectivity index (χ3n) is 5.82. The molecule has 0 bridgehead atoms. The number of amides is 2. The van der Waals surface area contributed by atoms with E-state index >= 15 is 0 Å². The smallest absolute Gasteiger partial charge is 0.237 e. The Morgan fingerprint density at radius 1 is 1.03 bits per heavy atom. The lowest BCUT2D eigenvalue weighted by molar-refractivity contribution is -0.122. The summed E-state index contributed by atoms with van der Waals surface area (Å²) in [6, 6.07) is 14.0. The van der Waals surface area contributed by atoms with Crippen LogP contribution in [0.1, 0.15) is 36.5 Å². The Morgan fingerprint density at radius 3 is 2.48 bits per heavy atom. The molecule has 1 saturated carbocycles. The van der Waals surface area contributed by atoms with Crippen LogP contribution >= 0.6 is 15.9 Å². The molecule has 1 saturated heterocycles. The third kappa shape index (κ3) is 3.86. The molecule has 2 fully saturated rings. The van der Waals surface area contributed by atoms with E-state index in [1.807, 2.05) is 0 Å². The lowest BCUT2D eigenvalue weighted by Gasteiger charge is -2.25. The number of fused-ring (bicyclic) bond motifs is 1. The standard InChI is InChI=1S/C23H22BrNO4/c1-14-6-11-17-18(12-14)23(28)25(22(17)27)19-4-2-3-5-21(19)29-13-20(26)15-7-9-16(24)10-8-15/h2-5,7-10,14,17-18H,6,11-13H2,1H3/t14-,17-,18+/m0/s1.